The van der Waals surface area contributed by atoms with Crippen molar-refractivity contribution in [2.75, 3.05) is 13.1 Å². The molecule has 110 valence electrons. The number of amides is 1. The van der Waals surface area contributed by atoms with E-state index in [1.54, 1.807) is 11.0 Å². The first-order chi connectivity index (χ1) is 10.0. The number of carbonyl (C=O) groups excluding carboxylic acids is 1. The third kappa shape index (κ3) is 2.66. The molecule has 1 aromatic heterocycles. The van der Waals surface area contributed by atoms with Crippen LogP contribution in [0.2, 0.25) is 0 Å². The minimum atomic E-state index is -0.406. The van der Waals surface area contributed by atoms with Gasteiger partial charge >= 0.3 is 0 Å². The number of halogens is 1. The molecule has 0 saturated carbocycles. The maximum Gasteiger partial charge on any atom is 0.254 e. The highest BCUT2D eigenvalue weighted by atomic mass is 19.1. The van der Waals surface area contributed by atoms with Gasteiger partial charge in [-0.1, -0.05) is 25.1 Å². The fourth-order valence-corrected chi connectivity index (χ4v) is 2.25. The fourth-order valence-electron chi connectivity index (χ4n) is 2.25. The lowest BCUT2D eigenvalue weighted by Crippen LogP contribution is -2.48. The molecule has 1 aliphatic rings. The average molecular weight is 289 g/mol. The lowest BCUT2D eigenvalue weighted by Gasteiger charge is -2.37. The molecule has 2 aromatic rings. The van der Waals surface area contributed by atoms with Gasteiger partial charge in [-0.25, -0.2) is 4.39 Å². The zero-order chi connectivity index (χ0) is 15.0. The summed E-state index contributed by atoms with van der Waals surface area (Å²) in [6.07, 6.45) is 0. The maximum atomic E-state index is 13.1. The highest BCUT2D eigenvalue weighted by Crippen LogP contribution is 2.28. The SMILES string of the molecule is CC(C)c1noc(C2CN(C(=O)c3cccc(F)c3)C2)n1. The molecule has 1 fully saturated rings. The Bertz CT molecular complexity index is 662. The van der Waals surface area contributed by atoms with Crippen LogP contribution in [0.3, 0.4) is 0 Å². The molecular formula is C15H16FN3O2. The van der Waals surface area contributed by atoms with E-state index in [-0.39, 0.29) is 17.7 Å². The Morgan fingerprint density at radius 1 is 1.43 bits per heavy atom. The van der Waals surface area contributed by atoms with Crippen LogP contribution in [0.1, 0.15) is 47.8 Å². The number of carbonyl (C=O) groups is 1. The van der Waals surface area contributed by atoms with Crippen molar-refractivity contribution in [2.45, 2.75) is 25.7 Å². The van der Waals surface area contributed by atoms with Crippen LogP contribution in [0.4, 0.5) is 4.39 Å². The van der Waals surface area contributed by atoms with Crippen LogP contribution in [0.25, 0.3) is 0 Å². The molecule has 1 aliphatic heterocycles. The second kappa shape index (κ2) is 5.27. The second-order valence-corrected chi connectivity index (χ2v) is 5.56. The van der Waals surface area contributed by atoms with Crippen molar-refractivity contribution in [1.29, 1.82) is 0 Å². The molecule has 6 heteroatoms. The van der Waals surface area contributed by atoms with E-state index in [2.05, 4.69) is 10.1 Å². The number of rotatable bonds is 3. The van der Waals surface area contributed by atoms with Crippen LogP contribution >= 0.6 is 0 Å². The highest BCUT2D eigenvalue weighted by molar-refractivity contribution is 5.94. The van der Waals surface area contributed by atoms with Crippen molar-refractivity contribution >= 4 is 5.91 Å². The molecular weight excluding hydrogens is 273 g/mol. The van der Waals surface area contributed by atoms with E-state index in [1.807, 2.05) is 13.8 Å². The van der Waals surface area contributed by atoms with Crippen molar-refractivity contribution in [2.24, 2.45) is 0 Å². The van der Waals surface area contributed by atoms with Crippen LogP contribution in [-0.2, 0) is 0 Å². The Morgan fingerprint density at radius 3 is 2.81 bits per heavy atom. The van der Waals surface area contributed by atoms with E-state index in [9.17, 15) is 9.18 Å². The highest BCUT2D eigenvalue weighted by Gasteiger charge is 2.36. The Morgan fingerprint density at radius 2 is 2.19 bits per heavy atom. The summed E-state index contributed by atoms with van der Waals surface area (Å²) >= 11 is 0. The Balaban J connectivity index is 1.63. The van der Waals surface area contributed by atoms with Gasteiger partial charge in [-0.05, 0) is 18.2 Å². The van der Waals surface area contributed by atoms with Gasteiger partial charge < -0.3 is 9.42 Å². The number of nitrogens with zero attached hydrogens (tertiary/aromatic N) is 3. The average Bonchev–Trinajstić information content (AvgIpc) is 2.86. The summed E-state index contributed by atoms with van der Waals surface area (Å²) in [5, 5.41) is 3.92. The number of benzene rings is 1. The monoisotopic (exact) mass is 289 g/mol. The van der Waals surface area contributed by atoms with E-state index >= 15 is 0 Å². The van der Waals surface area contributed by atoms with Crippen LogP contribution in [-0.4, -0.2) is 34.0 Å². The number of likely N-dealkylation sites (tertiary alicyclic amines) is 1. The van der Waals surface area contributed by atoms with Gasteiger partial charge in [-0.3, -0.25) is 4.79 Å². The first-order valence-electron chi connectivity index (χ1n) is 6.93. The van der Waals surface area contributed by atoms with Gasteiger partial charge in [-0.2, -0.15) is 4.98 Å². The number of hydrogen-bond donors (Lipinski definition) is 0. The Kier molecular flexibility index (Phi) is 3.45. The molecule has 0 spiro atoms. The minimum absolute atomic E-state index is 0.0718. The summed E-state index contributed by atoms with van der Waals surface area (Å²) in [6, 6.07) is 5.72. The summed E-state index contributed by atoms with van der Waals surface area (Å²) in [5.41, 5.74) is 0.363. The van der Waals surface area contributed by atoms with Crippen molar-refractivity contribution < 1.29 is 13.7 Å². The normalized spacial score (nSPS) is 15.3. The van der Waals surface area contributed by atoms with E-state index < -0.39 is 5.82 Å². The topological polar surface area (TPSA) is 59.2 Å². The summed E-state index contributed by atoms with van der Waals surface area (Å²) in [6.45, 7) is 5.04. The van der Waals surface area contributed by atoms with Crippen molar-refractivity contribution in [3.63, 3.8) is 0 Å². The van der Waals surface area contributed by atoms with Gasteiger partial charge in [0.15, 0.2) is 5.82 Å². The Hall–Kier alpha value is -2.24. The number of aromatic nitrogens is 2. The summed E-state index contributed by atoms with van der Waals surface area (Å²) in [5.74, 6) is 0.961. The molecule has 0 aliphatic carbocycles. The molecule has 1 aromatic carbocycles. The summed E-state index contributed by atoms with van der Waals surface area (Å²) < 4.78 is 18.4. The first kappa shape index (κ1) is 13.7. The molecule has 21 heavy (non-hydrogen) atoms. The molecule has 2 heterocycles. The molecule has 0 unspecified atom stereocenters. The molecule has 1 amide bonds. The molecule has 0 bridgehead atoms. The quantitative estimate of drug-likeness (QED) is 0.871. The third-order valence-electron chi connectivity index (χ3n) is 3.56. The third-order valence-corrected chi connectivity index (χ3v) is 3.56. The van der Waals surface area contributed by atoms with E-state index in [0.717, 1.165) is 0 Å². The first-order valence-corrected chi connectivity index (χ1v) is 6.93. The minimum Gasteiger partial charge on any atom is -0.339 e. The van der Waals surface area contributed by atoms with E-state index in [0.29, 0.717) is 30.4 Å². The predicted octanol–water partition coefficient (Wildman–Crippen LogP) is 2.57. The largest absolute Gasteiger partial charge is 0.339 e. The lowest BCUT2D eigenvalue weighted by molar-refractivity contribution is 0.0568. The van der Waals surface area contributed by atoms with Gasteiger partial charge in [0.1, 0.15) is 5.82 Å². The smallest absolute Gasteiger partial charge is 0.254 e. The number of hydrogen-bond acceptors (Lipinski definition) is 4. The van der Waals surface area contributed by atoms with Crippen LogP contribution in [0.5, 0.6) is 0 Å². The predicted molar refractivity (Wildman–Crippen MR) is 73.4 cm³/mol. The molecule has 0 radical (unpaired) electrons. The van der Waals surface area contributed by atoms with Gasteiger partial charge in [-0.15, -0.1) is 0 Å². The van der Waals surface area contributed by atoms with E-state index in [1.165, 1.54) is 18.2 Å². The molecule has 5 nitrogen and oxygen atoms in total. The van der Waals surface area contributed by atoms with Crippen molar-refractivity contribution in [3.8, 4) is 0 Å². The summed E-state index contributed by atoms with van der Waals surface area (Å²) in [7, 11) is 0. The second-order valence-electron chi connectivity index (χ2n) is 5.56. The van der Waals surface area contributed by atoms with Crippen LogP contribution in [0, 0.1) is 5.82 Å². The fraction of sp³-hybridized carbons (Fsp3) is 0.400. The van der Waals surface area contributed by atoms with Crippen molar-refractivity contribution in [1.82, 2.24) is 15.0 Å². The maximum absolute atomic E-state index is 13.1. The van der Waals surface area contributed by atoms with Gasteiger partial charge in [0, 0.05) is 24.6 Å². The van der Waals surface area contributed by atoms with Gasteiger partial charge in [0.05, 0.1) is 5.92 Å². The van der Waals surface area contributed by atoms with Crippen molar-refractivity contribution in [3.05, 3.63) is 47.4 Å². The van der Waals surface area contributed by atoms with Crippen LogP contribution in [0.15, 0.2) is 28.8 Å². The van der Waals surface area contributed by atoms with Gasteiger partial charge in [0.25, 0.3) is 5.91 Å². The van der Waals surface area contributed by atoms with E-state index in [4.69, 9.17) is 4.52 Å². The molecule has 0 atom stereocenters. The zero-order valence-electron chi connectivity index (χ0n) is 11.9. The van der Waals surface area contributed by atoms with Crippen LogP contribution < -0.4 is 0 Å². The Labute approximate surface area is 121 Å². The molecule has 3 rings (SSSR count). The zero-order valence-corrected chi connectivity index (χ0v) is 11.9. The van der Waals surface area contributed by atoms with Gasteiger partial charge in [0.2, 0.25) is 5.89 Å². The molecule has 1 saturated heterocycles. The standard InChI is InChI=1S/C15H16FN3O2/c1-9(2)13-17-14(21-18-13)11-7-19(8-11)15(20)10-4-3-5-12(16)6-10/h3-6,9,11H,7-8H2,1-2H3. The lowest BCUT2D eigenvalue weighted by atomic mass is 9.98. The summed E-state index contributed by atoms with van der Waals surface area (Å²) in [4.78, 5) is 18.2. The molecule has 0 N–H and O–H groups in total.